The van der Waals surface area contributed by atoms with Gasteiger partial charge in [0.2, 0.25) is 0 Å². The Morgan fingerprint density at radius 1 is 1.03 bits per heavy atom. The standard InChI is InChI=1S/C23H25N3O7/c1-23(16-7-5-4-6-8-16)21(29)26(22(30)25-23)13-20(28)33-14-19(27)24-12-15-9-10-17(31-2)18(11-15)32-3/h4-11H,12-14H2,1-3H3,(H,24,27)(H,25,30). The third kappa shape index (κ3) is 5.22. The summed E-state index contributed by atoms with van der Waals surface area (Å²) in [6.07, 6.45) is 0. The van der Waals surface area contributed by atoms with Gasteiger partial charge in [0.15, 0.2) is 18.1 Å². The predicted octanol–water partition coefficient (Wildman–Crippen LogP) is 1.33. The molecule has 0 saturated carbocycles. The fourth-order valence-electron chi connectivity index (χ4n) is 3.37. The van der Waals surface area contributed by atoms with Crippen LogP contribution < -0.4 is 20.1 Å². The highest BCUT2D eigenvalue weighted by Crippen LogP contribution is 2.29. The van der Waals surface area contributed by atoms with Gasteiger partial charge in [-0.15, -0.1) is 0 Å². The van der Waals surface area contributed by atoms with Crippen LogP contribution in [0.1, 0.15) is 18.1 Å². The molecule has 33 heavy (non-hydrogen) atoms. The zero-order valence-electron chi connectivity index (χ0n) is 18.5. The molecular formula is C23H25N3O7. The first-order valence-electron chi connectivity index (χ1n) is 10.1. The average Bonchev–Trinajstić information content (AvgIpc) is 3.05. The molecule has 0 aliphatic carbocycles. The highest BCUT2D eigenvalue weighted by atomic mass is 16.5. The second-order valence-corrected chi connectivity index (χ2v) is 7.44. The van der Waals surface area contributed by atoms with Crippen molar-refractivity contribution in [1.82, 2.24) is 15.5 Å². The van der Waals surface area contributed by atoms with Gasteiger partial charge in [-0.3, -0.25) is 19.3 Å². The number of hydrogen-bond donors (Lipinski definition) is 2. The van der Waals surface area contributed by atoms with E-state index >= 15 is 0 Å². The van der Waals surface area contributed by atoms with Crippen LogP contribution in [0.3, 0.4) is 0 Å². The van der Waals surface area contributed by atoms with Gasteiger partial charge in [0.05, 0.1) is 14.2 Å². The molecule has 3 rings (SSSR count). The first-order chi connectivity index (χ1) is 15.8. The summed E-state index contributed by atoms with van der Waals surface area (Å²) in [4.78, 5) is 50.1. The number of urea groups is 1. The van der Waals surface area contributed by atoms with Crippen molar-refractivity contribution in [3.05, 3.63) is 59.7 Å². The van der Waals surface area contributed by atoms with E-state index in [0.29, 0.717) is 17.1 Å². The highest BCUT2D eigenvalue weighted by molar-refractivity contribution is 6.08. The number of methoxy groups -OCH3 is 2. The quantitative estimate of drug-likeness (QED) is 0.432. The van der Waals surface area contributed by atoms with E-state index in [4.69, 9.17) is 14.2 Å². The lowest BCUT2D eigenvalue weighted by atomic mass is 9.92. The molecule has 1 fully saturated rings. The van der Waals surface area contributed by atoms with E-state index < -0.39 is 42.5 Å². The van der Waals surface area contributed by atoms with Crippen LogP contribution in [-0.4, -0.2) is 56.1 Å². The SMILES string of the molecule is COc1ccc(CNC(=O)COC(=O)CN2C(=O)NC(C)(c3ccccc3)C2=O)cc1OC. The van der Waals surface area contributed by atoms with Crippen molar-refractivity contribution in [3.8, 4) is 11.5 Å². The molecule has 1 aliphatic rings. The van der Waals surface area contributed by atoms with Crippen LogP contribution in [0, 0.1) is 0 Å². The number of amides is 4. The van der Waals surface area contributed by atoms with Gasteiger partial charge in [0, 0.05) is 6.54 Å². The predicted molar refractivity (Wildman–Crippen MR) is 116 cm³/mol. The van der Waals surface area contributed by atoms with Gasteiger partial charge in [-0.2, -0.15) is 0 Å². The summed E-state index contributed by atoms with van der Waals surface area (Å²) >= 11 is 0. The van der Waals surface area contributed by atoms with E-state index in [0.717, 1.165) is 10.5 Å². The second kappa shape index (κ2) is 10.0. The molecule has 0 spiro atoms. The summed E-state index contributed by atoms with van der Waals surface area (Å²) in [5.74, 6) is -0.910. The zero-order chi connectivity index (χ0) is 24.0. The normalized spacial score (nSPS) is 17.4. The molecule has 1 atom stereocenters. The van der Waals surface area contributed by atoms with Crippen LogP contribution >= 0.6 is 0 Å². The fraction of sp³-hybridized carbons (Fsp3) is 0.304. The van der Waals surface area contributed by atoms with Crippen molar-refractivity contribution in [2.24, 2.45) is 0 Å². The van der Waals surface area contributed by atoms with Crippen LogP contribution in [-0.2, 0) is 31.2 Å². The molecule has 1 unspecified atom stereocenters. The van der Waals surface area contributed by atoms with Crippen molar-refractivity contribution in [3.63, 3.8) is 0 Å². The summed E-state index contributed by atoms with van der Waals surface area (Å²) in [5, 5.41) is 5.22. The Morgan fingerprint density at radius 2 is 1.73 bits per heavy atom. The van der Waals surface area contributed by atoms with Gasteiger partial charge in [0.25, 0.3) is 11.8 Å². The highest BCUT2D eigenvalue weighted by Gasteiger charge is 2.49. The van der Waals surface area contributed by atoms with Crippen LogP contribution in [0.2, 0.25) is 0 Å². The molecule has 4 amide bonds. The molecule has 10 heteroatoms. The fourth-order valence-corrected chi connectivity index (χ4v) is 3.37. The van der Waals surface area contributed by atoms with Crippen LogP contribution in [0.25, 0.3) is 0 Å². The minimum atomic E-state index is -1.28. The van der Waals surface area contributed by atoms with Gasteiger partial charge in [0.1, 0.15) is 12.1 Å². The van der Waals surface area contributed by atoms with Gasteiger partial charge >= 0.3 is 12.0 Å². The minimum Gasteiger partial charge on any atom is -0.493 e. The van der Waals surface area contributed by atoms with Crippen molar-refractivity contribution in [1.29, 1.82) is 0 Å². The molecule has 0 radical (unpaired) electrons. The monoisotopic (exact) mass is 455 g/mol. The second-order valence-electron chi connectivity index (χ2n) is 7.44. The third-order valence-electron chi connectivity index (χ3n) is 5.22. The number of esters is 1. The van der Waals surface area contributed by atoms with Gasteiger partial charge in [-0.1, -0.05) is 36.4 Å². The molecule has 174 valence electrons. The molecule has 0 bridgehead atoms. The van der Waals surface area contributed by atoms with Gasteiger partial charge in [-0.05, 0) is 30.2 Å². The maximum Gasteiger partial charge on any atom is 0.326 e. The summed E-state index contributed by atoms with van der Waals surface area (Å²) in [6, 6.07) is 13.2. The molecule has 10 nitrogen and oxygen atoms in total. The number of benzene rings is 2. The number of ether oxygens (including phenoxy) is 3. The number of nitrogens with one attached hydrogen (secondary N) is 2. The minimum absolute atomic E-state index is 0.180. The van der Waals surface area contributed by atoms with Crippen molar-refractivity contribution in [2.75, 3.05) is 27.4 Å². The molecule has 2 N–H and O–H groups in total. The molecule has 2 aromatic rings. The molecule has 1 saturated heterocycles. The number of carbonyl (C=O) groups is 4. The maximum atomic E-state index is 12.8. The molecule has 1 heterocycles. The van der Waals surface area contributed by atoms with Crippen LogP contribution in [0.15, 0.2) is 48.5 Å². The van der Waals surface area contributed by atoms with E-state index in [2.05, 4.69) is 10.6 Å². The van der Waals surface area contributed by atoms with Crippen LogP contribution in [0.4, 0.5) is 4.79 Å². The Hall–Kier alpha value is -4.08. The van der Waals surface area contributed by atoms with Crippen molar-refractivity contribution >= 4 is 23.8 Å². The summed E-state index contributed by atoms with van der Waals surface area (Å²) in [6.45, 7) is 0.594. The van der Waals surface area contributed by atoms with E-state index in [-0.39, 0.29) is 6.54 Å². The Bertz CT molecular complexity index is 1060. The maximum absolute atomic E-state index is 12.8. The number of carbonyl (C=O) groups excluding carboxylic acids is 4. The number of nitrogens with zero attached hydrogens (tertiary/aromatic N) is 1. The summed E-state index contributed by atoms with van der Waals surface area (Å²) < 4.78 is 15.3. The van der Waals surface area contributed by atoms with Crippen molar-refractivity contribution in [2.45, 2.75) is 19.0 Å². The van der Waals surface area contributed by atoms with E-state index in [1.807, 2.05) is 0 Å². The van der Waals surface area contributed by atoms with Crippen molar-refractivity contribution < 1.29 is 33.4 Å². The Balaban J connectivity index is 1.49. The van der Waals surface area contributed by atoms with E-state index in [1.165, 1.54) is 14.2 Å². The topological polar surface area (TPSA) is 123 Å². The molecule has 0 aromatic heterocycles. The summed E-state index contributed by atoms with van der Waals surface area (Å²) in [5.41, 5.74) is 0.0655. The van der Waals surface area contributed by atoms with Gasteiger partial charge < -0.3 is 24.8 Å². The largest absolute Gasteiger partial charge is 0.493 e. The Morgan fingerprint density at radius 3 is 2.39 bits per heavy atom. The third-order valence-corrected chi connectivity index (χ3v) is 5.22. The summed E-state index contributed by atoms with van der Waals surface area (Å²) in [7, 11) is 3.03. The first-order valence-corrected chi connectivity index (χ1v) is 10.1. The lowest BCUT2D eigenvalue weighted by Gasteiger charge is -2.21. The zero-order valence-corrected chi connectivity index (χ0v) is 18.5. The Labute approximate surface area is 190 Å². The van der Waals surface area contributed by atoms with Gasteiger partial charge in [-0.25, -0.2) is 4.79 Å². The number of hydrogen-bond acceptors (Lipinski definition) is 7. The van der Waals surface area contributed by atoms with Crippen LogP contribution in [0.5, 0.6) is 11.5 Å². The van der Waals surface area contributed by atoms with E-state index in [1.54, 1.807) is 55.5 Å². The number of imide groups is 1. The molecular weight excluding hydrogens is 430 g/mol. The lowest BCUT2D eigenvalue weighted by Crippen LogP contribution is -2.41. The first kappa shape index (κ1) is 23.6. The lowest BCUT2D eigenvalue weighted by molar-refractivity contribution is -0.151. The Kier molecular flexibility index (Phi) is 7.17. The van der Waals surface area contributed by atoms with E-state index in [9.17, 15) is 19.2 Å². The molecule has 2 aromatic carbocycles. The molecule has 1 aliphatic heterocycles. The number of rotatable bonds is 9. The smallest absolute Gasteiger partial charge is 0.326 e. The average molecular weight is 455 g/mol.